The lowest BCUT2D eigenvalue weighted by Crippen LogP contribution is -2.44. The van der Waals surface area contributed by atoms with Gasteiger partial charge < -0.3 is 15.4 Å². The lowest BCUT2D eigenvalue weighted by atomic mass is 9.97. The van der Waals surface area contributed by atoms with E-state index in [9.17, 15) is 18.4 Å². The summed E-state index contributed by atoms with van der Waals surface area (Å²) in [5.41, 5.74) is 3.23. The highest BCUT2D eigenvalue weighted by Gasteiger charge is 2.24. The van der Waals surface area contributed by atoms with E-state index in [2.05, 4.69) is 36.6 Å². The number of ether oxygens (including phenoxy) is 1. The number of nitrogens with one attached hydrogen (secondary N) is 2. The van der Waals surface area contributed by atoms with Crippen LogP contribution >= 0.6 is 11.3 Å². The molecule has 1 aliphatic carbocycles. The van der Waals surface area contributed by atoms with E-state index in [-0.39, 0.29) is 23.8 Å². The van der Waals surface area contributed by atoms with Crippen LogP contribution in [0.1, 0.15) is 88.5 Å². The second-order valence-corrected chi connectivity index (χ2v) is 12.0. The number of nitrogens with zero attached hydrogens (tertiary/aromatic N) is 1. The van der Waals surface area contributed by atoms with Crippen molar-refractivity contribution >= 4 is 28.3 Å². The van der Waals surface area contributed by atoms with Crippen molar-refractivity contribution in [2.75, 3.05) is 5.32 Å². The van der Waals surface area contributed by atoms with Crippen LogP contribution in [0.2, 0.25) is 0 Å². The van der Waals surface area contributed by atoms with E-state index in [1.807, 2.05) is 19.1 Å². The lowest BCUT2D eigenvalue weighted by molar-refractivity contribution is -0.126. The molecule has 1 fully saturated rings. The smallest absolute Gasteiger partial charge is 0.248 e. The Morgan fingerprint density at radius 1 is 1.07 bits per heavy atom. The van der Waals surface area contributed by atoms with Gasteiger partial charge in [0.2, 0.25) is 11.8 Å². The Balaban J connectivity index is 1.48. The van der Waals surface area contributed by atoms with Crippen LogP contribution in [-0.2, 0) is 27.4 Å². The largest absolute Gasteiger partial charge is 0.374 e. The van der Waals surface area contributed by atoms with Crippen LogP contribution in [-0.4, -0.2) is 28.9 Å². The molecule has 1 saturated carbocycles. The average molecular weight is 584 g/mol. The quantitative estimate of drug-likeness (QED) is 0.231. The molecule has 1 aliphatic rings. The Labute approximate surface area is 244 Å². The predicted molar refractivity (Wildman–Crippen MR) is 159 cm³/mol. The van der Waals surface area contributed by atoms with Gasteiger partial charge in [-0.15, -0.1) is 0 Å². The summed E-state index contributed by atoms with van der Waals surface area (Å²) in [6.45, 7) is 6.58. The fourth-order valence-corrected chi connectivity index (χ4v) is 6.35. The van der Waals surface area contributed by atoms with Crippen molar-refractivity contribution in [3.8, 4) is 10.4 Å². The molecule has 2 N–H and O–H groups in total. The second-order valence-electron chi connectivity index (χ2n) is 11.0. The first-order chi connectivity index (χ1) is 19.7. The lowest BCUT2D eigenvalue weighted by Gasteiger charge is -2.22. The van der Waals surface area contributed by atoms with Crippen LogP contribution in [0.5, 0.6) is 0 Å². The standard InChI is InChI=1S/C32H39F2N3O3S/c1-4-10-27(35-28(38)17-21-15-23(33)18-24(34)16-21)31(39)37-32-36-29(20(2)3)30(41-32)26-14-9-8-11-22(26)19-40-25-12-6-5-7-13-25/h8-9,11,14-16,18,20,25,27H,4-7,10,12-13,17,19H2,1-3H3,(H,35,38)(H,36,37,39)/t27-/m0/s1. The number of rotatable bonds is 12. The molecular formula is C32H39F2N3O3S. The summed E-state index contributed by atoms with van der Waals surface area (Å²) >= 11 is 1.41. The minimum absolute atomic E-state index is 0.122. The molecule has 3 aromatic rings. The summed E-state index contributed by atoms with van der Waals surface area (Å²) in [7, 11) is 0. The second kappa shape index (κ2) is 14.6. The van der Waals surface area contributed by atoms with E-state index in [1.165, 1.54) is 30.6 Å². The van der Waals surface area contributed by atoms with E-state index >= 15 is 0 Å². The number of amides is 2. The van der Waals surface area contributed by atoms with Gasteiger partial charge in [0.25, 0.3) is 0 Å². The normalized spacial score (nSPS) is 14.7. The Kier molecular flexibility index (Phi) is 11.0. The third kappa shape index (κ3) is 8.66. The van der Waals surface area contributed by atoms with Gasteiger partial charge in [-0.05, 0) is 54.0 Å². The zero-order chi connectivity index (χ0) is 29.4. The number of aromatic nitrogens is 1. The Morgan fingerprint density at radius 2 is 1.78 bits per heavy atom. The number of halogens is 2. The molecule has 41 heavy (non-hydrogen) atoms. The highest BCUT2D eigenvalue weighted by molar-refractivity contribution is 7.19. The number of benzene rings is 2. The number of anilines is 1. The highest BCUT2D eigenvalue weighted by Crippen LogP contribution is 2.39. The number of hydrogen-bond acceptors (Lipinski definition) is 5. The molecule has 0 radical (unpaired) electrons. The van der Waals surface area contributed by atoms with E-state index in [0.29, 0.717) is 30.7 Å². The Bertz CT molecular complexity index is 1320. The Morgan fingerprint density at radius 3 is 2.46 bits per heavy atom. The van der Waals surface area contributed by atoms with E-state index in [4.69, 9.17) is 9.72 Å². The first kappa shape index (κ1) is 30.8. The van der Waals surface area contributed by atoms with Gasteiger partial charge in [-0.1, -0.05) is 82.1 Å². The molecule has 6 nitrogen and oxygen atoms in total. The highest BCUT2D eigenvalue weighted by atomic mass is 32.1. The molecule has 0 saturated heterocycles. The van der Waals surface area contributed by atoms with Crippen LogP contribution in [0.25, 0.3) is 10.4 Å². The first-order valence-electron chi connectivity index (χ1n) is 14.5. The van der Waals surface area contributed by atoms with Crippen molar-refractivity contribution in [3.63, 3.8) is 0 Å². The molecule has 1 atom stereocenters. The number of carbonyl (C=O) groups is 2. The van der Waals surface area contributed by atoms with Gasteiger partial charge in [0, 0.05) is 6.07 Å². The summed E-state index contributed by atoms with van der Waals surface area (Å²) < 4.78 is 33.4. The van der Waals surface area contributed by atoms with Gasteiger partial charge in [-0.2, -0.15) is 0 Å². The van der Waals surface area contributed by atoms with Gasteiger partial charge in [-0.3, -0.25) is 9.59 Å². The molecule has 220 valence electrons. The molecule has 0 aliphatic heterocycles. The maximum absolute atomic E-state index is 13.6. The van der Waals surface area contributed by atoms with Gasteiger partial charge in [0.15, 0.2) is 5.13 Å². The molecule has 0 bridgehead atoms. The molecule has 0 spiro atoms. The minimum Gasteiger partial charge on any atom is -0.374 e. The third-order valence-corrected chi connectivity index (χ3v) is 8.26. The van der Waals surface area contributed by atoms with Crippen LogP contribution in [0.15, 0.2) is 42.5 Å². The maximum Gasteiger partial charge on any atom is 0.248 e. The van der Waals surface area contributed by atoms with Gasteiger partial charge in [0.05, 0.1) is 29.7 Å². The summed E-state index contributed by atoms with van der Waals surface area (Å²) in [6, 6.07) is 10.3. The monoisotopic (exact) mass is 583 g/mol. The zero-order valence-corrected chi connectivity index (χ0v) is 24.8. The average Bonchev–Trinajstić information content (AvgIpc) is 3.35. The molecule has 1 heterocycles. The predicted octanol–water partition coefficient (Wildman–Crippen LogP) is 7.53. The van der Waals surface area contributed by atoms with Gasteiger partial charge >= 0.3 is 0 Å². The molecule has 0 unspecified atom stereocenters. The van der Waals surface area contributed by atoms with Gasteiger partial charge in [0.1, 0.15) is 17.7 Å². The number of hydrogen-bond donors (Lipinski definition) is 2. The van der Waals surface area contributed by atoms with Crippen molar-refractivity contribution < 1.29 is 23.1 Å². The van der Waals surface area contributed by atoms with E-state index in [1.54, 1.807) is 0 Å². The van der Waals surface area contributed by atoms with E-state index in [0.717, 1.165) is 52.7 Å². The number of thiazole rings is 1. The van der Waals surface area contributed by atoms with Gasteiger partial charge in [-0.25, -0.2) is 13.8 Å². The van der Waals surface area contributed by atoms with Crippen molar-refractivity contribution in [3.05, 3.63) is 70.9 Å². The van der Waals surface area contributed by atoms with Crippen LogP contribution in [0.4, 0.5) is 13.9 Å². The van der Waals surface area contributed by atoms with Crippen LogP contribution in [0, 0.1) is 11.6 Å². The molecule has 4 rings (SSSR count). The van der Waals surface area contributed by atoms with Crippen LogP contribution in [0.3, 0.4) is 0 Å². The molecule has 2 aromatic carbocycles. The SMILES string of the molecule is CCC[C@H](NC(=O)Cc1cc(F)cc(F)c1)C(=O)Nc1nc(C(C)C)c(-c2ccccc2COC2CCCCC2)s1. The summed E-state index contributed by atoms with van der Waals surface area (Å²) in [5.74, 6) is -2.25. The molecule has 9 heteroatoms. The van der Waals surface area contributed by atoms with Crippen LogP contribution < -0.4 is 10.6 Å². The first-order valence-corrected chi connectivity index (χ1v) is 15.3. The van der Waals surface area contributed by atoms with Crippen molar-refractivity contribution in [1.82, 2.24) is 10.3 Å². The third-order valence-electron chi connectivity index (χ3n) is 7.24. The molecule has 1 aromatic heterocycles. The van der Waals surface area contributed by atoms with Crippen molar-refractivity contribution in [1.29, 1.82) is 0 Å². The number of carbonyl (C=O) groups excluding carboxylic acids is 2. The topological polar surface area (TPSA) is 80.3 Å². The van der Waals surface area contributed by atoms with Crippen molar-refractivity contribution in [2.45, 2.75) is 96.8 Å². The minimum atomic E-state index is -0.808. The molecular weight excluding hydrogens is 544 g/mol. The maximum atomic E-state index is 13.6. The fourth-order valence-electron chi connectivity index (χ4n) is 5.17. The van der Waals surface area contributed by atoms with E-state index < -0.39 is 23.6 Å². The summed E-state index contributed by atoms with van der Waals surface area (Å²) in [5, 5.41) is 6.09. The van der Waals surface area contributed by atoms with Crippen molar-refractivity contribution in [2.24, 2.45) is 0 Å². The Hall–Kier alpha value is -3.17. The summed E-state index contributed by atoms with van der Waals surface area (Å²) in [4.78, 5) is 31.7. The fraction of sp³-hybridized carbons (Fsp3) is 0.469. The molecule has 2 amide bonds. The zero-order valence-electron chi connectivity index (χ0n) is 24.0. The summed E-state index contributed by atoms with van der Waals surface area (Å²) in [6.07, 6.45) is 7.03.